The van der Waals surface area contributed by atoms with E-state index in [4.69, 9.17) is 0 Å². The van der Waals surface area contributed by atoms with E-state index < -0.39 is 0 Å². The van der Waals surface area contributed by atoms with Crippen LogP contribution in [0.5, 0.6) is 0 Å². The lowest BCUT2D eigenvalue weighted by molar-refractivity contribution is -0.114. The van der Waals surface area contributed by atoms with Gasteiger partial charge in [-0.05, 0) is 24.6 Å². The summed E-state index contributed by atoms with van der Waals surface area (Å²) in [7, 11) is 0. The Kier molecular flexibility index (Phi) is 4.29. The zero-order chi connectivity index (χ0) is 17.1. The van der Waals surface area contributed by atoms with Crippen LogP contribution >= 0.6 is 0 Å². The number of nitrogens with one attached hydrogen (secondary N) is 2. The van der Waals surface area contributed by atoms with Crippen molar-refractivity contribution in [1.82, 2.24) is 4.98 Å². The molecule has 0 saturated heterocycles. The van der Waals surface area contributed by atoms with E-state index in [1.54, 1.807) is 6.20 Å². The standard InChI is InChI=1S/C20H18N2O2/c1-13-3-5-16(6-4-13)20(24)19-12-21-11-18(19)15-7-9-17(10-8-15)22-14(2)23/h3-12,21H,1-2H3,(H,22,23). The van der Waals surface area contributed by atoms with Gasteiger partial charge in [0, 0.05) is 41.7 Å². The van der Waals surface area contributed by atoms with Gasteiger partial charge in [-0.25, -0.2) is 0 Å². The molecule has 0 saturated carbocycles. The Morgan fingerprint density at radius 1 is 0.917 bits per heavy atom. The molecule has 1 aromatic heterocycles. The lowest BCUT2D eigenvalue weighted by atomic mass is 9.97. The number of aryl methyl sites for hydroxylation is 1. The van der Waals surface area contributed by atoms with Crippen LogP contribution in [0.4, 0.5) is 5.69 Å². The quantitative estimate of drug-likeness (QED) is 0.709. The fourth-order valence-corrected chi connectivity index (χ4v) is 2.59. The second kappa shape index (κ2) is 6.54. The first-order chi connectivity index (χ1) is 11.5. The first kappa shape index (κ1) is 15.7. The van der Waals surface area contributed by atoms with E-state index in [-0.39, 0.29) is 11.7 Å². The van der Waals surface area contributed by atoms with Gasteiger partial charge in [0.2, 0.25) is 5.91 Å². The molecule has 24 heavy (non-hydrogen) atoms. The summed E-state index contributed by atoms with van der Waals surface area (Å²) in [6, 6.07) is 15.0. The van der Waals surface area contributed by atoms with Crippen LogP contribution < -0.4 is 5.32 Å². The highest BCUT2D eigenvalue weighted by Gasteiger charge is 2.15. The molecule has 0 aliphatic carbocycles. The lowest BCUT2D eigenvalue weighted by Gasteiger charge is -2.06. The molecule has 2 N–H and O–H groups in total. The molecule has 0 radical (unpaired) electrons. The molecular weight excluding hydrogens is 300 g/mol. The van der Waals surface area contributed by atoms with Crippen LogP contribution in [-0.4, -0.2) is 16.7 Å². The van der Waals surface area contributed by atoms with E-state index in [0.29, 0.717) is 11.1 Å². The molecule has 0 bridgehead atoms. The van der Waals surface area contributed by atoms with Crippen molar-refractivity contribution in [3.63, 3.8) is 0 Å². The van der Waals surface area contributed by atoms with Crippen LogP contribution in [0.15, 0.2) is 60.9 Å². The van der Waals surface area contributed by atoms with Gasteiger partial charge < -0.3 is 10.3 Å². The smallest absolute Gasteiger partial charge is 0.221 e. The second-order valence-corrected chi connectivity index (χ2v) is 5.74. The van der Waals surface area contributed by atoms with E-state index >= 15 is 0 Å². The highest BCUT2D eigenvalue weighted by Crippen LogP contribution is 2.27. The predicted molar refractivity (Wildman–Crippen MR) is 95.1 cm³/mol. The molecule has 2 aromatic carbocycles. The molecule has 0 aliphatic heterocycles. The summed E-state index contributed by atoms with van der Waals surface area (Å²) in [5, 5.41) is 2.73. The summed E-state index contributed by atoms with van der Waals surface area (Å²) in [6.07, 6.45) is 3.54. The number of rotatable bonds is 4. The monoisotopic (exact) mass is 318 g/mol. The molecule has 0 fully saturated rings. The number of amides is 1. The molecule has 120 valence electrons. The topological polar surface area (TPSA) is 62.0 Å². The van der Waals surface area contributed by atoms with Crippen molar-refractivity contribution in [3.05, 3.63) is 77.6 Å². The van der Waals surface area contributed by atoms with Crippen LogP contribution in [0.25, 0.3) is 11.1 Å². The van der Waals surface area contributed by atoms with E-state index in [1.807, 2.05) is 61.7 Å². The Hall–Kier alpha value is -3.14. The van der Waals surface area contributed by atoms with Crippen LogP contribution in [-0.2, 0) is 4.79 Å². The summed E-state index contributed by atoms with van der Waals surface area (Å²) >= 11 is 0. The van der Waals surface area contributed by atoms with Crippen molar-refractivity contribution < 1.29 is 9.59 Å². The van der Waals surface area contributed by atoms with Gasteiger partial charge in [-0.3, -0.25) is 9.59 Å². The molecule has 4 heteroatoms. The minimum absolute atomic E-state index is 0.0165. The number of benzene rings is 2. The summed E-state index contributed by atoms with van der Waals surface area (Å²) in [4.78, 5) is 26.9. The maximum atomic E-state index is 12.7. The van der Waals surface area contributed by atoms with E-state index in [1.165, 1.54) is 6.92 Å². The largest absolute Gasteiger partial charge is 0.366 e. The molecule has 0 atom stereocenters. The van der Waals surface area contributed by atoms with Crippen LogP contribution in [0.3, 0.4) is 0 Å². The normalized spacial score (nSPS) is 10.4. The third kappa shape index (κ3) is 3.27. The predicted octanol–water partition coefficient (Wildman–Crippen LogP) is 4.18. The molecule has 0 spiro atoms. The Morgan fingerprint density at radius 2 is 1.58 bits per heavy atom. The molecule has 1 heterocycles. The van der Waals surface area contributed by atoms with Crippen molar-refractivity contribution in [3.8, 4) is 11.1 Å². The molecule has 3 rings (SSSR count). The van der Waals surface area contributed by atoms with Gasteiger partial charge in [0.05, 0.1) is 0 Å². The zero-order valence-electron chi connectivity index (χ0n) is 13.6. The van der Waals surface area contributed by atoms with Crippen LogP contribution in [0.2, 0.25) is 0 Å². The van der Waals surface area contributed by atoms with E-state index in [2.05, 4.69) is 10.3 Å². The van der Waals surface area contributed by atoms with Gasteiger partial charge in [-0.2, -0.15) is 0 Å². The molecule has 0 aliphatic rings. The summed E-state index contributed by atoms with van der Waals surface area (Å²) in [5.74, 6) is -0.128. The van der Waals surface area contributed by atoms with Crippen LogP contribution in [0, 0.1) is 6.92 Å². The lowest BCUT2D eigenvalue weighted by Crippen LogP contribution is -2.05. The van der Waals surface area contributed by atoms with Gasteiger partial charge in [-0.1, -0.05) is 42.0 Å². The molecule has 3 aromatic rings. The minimum Gasteiger partial charge on any atom is -0.366 e. The van der Waals surface area contributed by atoms with Gasteiger partial charge in [0.15, 0.2) is 5.78 Å². The third-order valence-corrected chi connectivity index (χ3v) is 3.82. The maximum Gasteiger partial charge on any atom is 0.221 e. The van der Waals surface area contributed by atoms with Crippen molar-refractivity contribution in [2.75, 3.05) is 5.32 Å². The number of hydrogen-bond donors (Lipinski definition) is 2. The number of aromatic amines is 1. The fraction of sp³-hybridized carbons (Fsp3) is 0.100. The first-order valence-electron chi connectivity index (χ1n) is 7.71. The number of anilines is 1. The second-order valence-electron chi connectivity index (χ2n) is 5.74. The molecule has 1 amide bonds. The Morgan fingerprint density at radius 3 is 2.21 bits per heavy atom. The highest BCUT2D eigenvalue weighted by atomic mass is 16.1. The first-order valence-corrected chi connectivity index (χ1v) is 7.71. The summed E-state index contributed by atoms with van der Waals surface area (Å²) in [5.41, 5.74) is 4.90. The Bertz CT molecular complexity index is 875. The van der Waals surface area contributed by atoms with Crippen molar-refractivity contribution in [2.24, 2.45) is 0 Å². The van der Waals surface area contributed by atoms with E-state index in [9.17, 15) is 9.59 Å². The summed E-state index contributed by atoms with van der Waals surface area (Å²) in [6.45, 7) is 3.46. The van der Waals surface area contributed by atoms with Gasteiger partial charge >= 0.3 is 0 Å². The number of hydrogen-bond acceptors (Lipinski definition) is 2. The molecule has 4 nitrogen and oxygen atoms in total. The average molecular weight is 318 g/mol. The Labute approximate surface area is 140 Å². The average Bonchev–Trinajstić information content (AvgIpc) is 3.04. The number of carbonyl (C=O) groups excluding carboxylic acids is 2. The third-order valence-electron chi connectivity index (χ3n) is 3.82. The zero-order valence-corrected chi connectivity index (χ0v) is 13.6. The summed E-state index contributed by atoms with van der Waals surface area (Å²) < 4.78 is 0. The highest BCUT2D eigenvalue weighted by molar-refractivity contribution is 6.12. The number of aromatic nitrogens is 1. The number of ketones is 1. The number of carbonyl (C=O) groups is 2. The minimum atomic E-state index is -0.111. The van der Waals surface area contributed by atoms with Crippen molar-refractivity contribution >= 4 is 17.4 Å². The molecule has 0 unspecified atom stereocenters. The van der Waals surface area contributed by atoms with Gasteiger partial charge in [0.1, 0.15) is 0 Å². The van der Waals surface area contributed by atoms with Crippen molar-refractivity contribution in [1.29, 1.82) is 0 Å². The fourth-order valence-electron chi connectivity index (χ4n) is 2.59. The molecular formula is C20H18N2O2. The SMILES string of the molecule is CC(=O)Nc1ccc(-c2c[nH]cc2C(=O)c2ccc(C)cc2)cc1. The van der Waals surface area contributed by atoms with E-state index in [0.717, 1.165) is 22.4 Å². The van der Waals surface area contributed by atoms with Crippen molar-refractivity contribution in [2.45, 2.75) is 13.8 Å². The maximum absolute atomic E-state index is 12.7. The Balaban J connectivity index is 1.91. The van der Waals surface area contributed by atoms with Crippen LogP contribution in [0.1, 0.15) is 28.4 Å². The number of H-pyrrole nitrogens is 1. The van der Waals surface area contributed by atoms with Gasteiger partial charge in [-0.15, -0.1) is 0 Å². The van der Waals surface area contributed by atoms with Gasteiger partial charge in [0.25, 0.3) is 0 Å².